The van der Waals surface area contributed by atoms with Crippen LogP contribution >= 0.6 is 11.6 Å². The van der Waals surface area contributed by atoms with E-state index in [9.17, 15) is 4.39 Å². The number of hydrogen-bond acceptors (Lipinski definition) is 3. The molecule has 2 aromatic carbocycles. The van der Waals surface area contributed by atoms with Gasteiger partial charge in [-0.05, 0) is 24.1 Å². The first-order valence-electron chi connectivity index (χ1n) is 6.81. The molecule has 2 atom stereocenters. The van der Waals surface area contributed by atoms with E-state index in [2.05, 4.69) is 5.43 Å². The minimum Gasteiger partial charge on any atom is -0.493 e. The van der Waals surface area contributed by atoms with Crippen molar-refractivity contribution in [1.82, 2.24) is 5.43 Å². The second-order valence-corrected chi connectivity index (χ2v) is 5.52. The van der Waals surface area contributed by atoms with Crippen LogP contribution in [-0.4, -0.2) is 12.6 Å². The Labute approximate surface area is 127 Å². The number of ether oxygens (including phenoxy) is 1. The fourth-order valence-electron chi connectivity index (χ4n) is 2.78. The zero-order valence-electron chi connectivity index (χ0n) is 11.4. The van der Waals surface area contributed by atoms with E-state index >= 15 is 0 Å². The molecule has 5 heteroatoms. The number of para-hydroxylation sites is 1. The highest BCUT2D eigenvalue weighted by Gasteiger charge is 2.31. The fourth-order valence-corrected chi connectivity index (χ4v) is 2.98. The average molecular weight is 307 g/mol. The van der Waals surface area contributed by atoms with Crippen molar-refractivity contribution in [1.29, 1.82) is 0 Å². The Bertz CT molecular complexity index is 650. The number of nitrogens with two attached hydrogens (primary N) is 1. The molecule has 3 nitrogen and oxygen atoms in total. The van der Waals surface area contributed by atoms with Crippen LogP contribution in [0.2, 0.25) is 5.02 Å². The average Bonchev–Trinajstić information content (AvgIpc) is 2.93. The predicted octanol–water partition coefficient (Wildman–Crippen LogP) is 3.03. The molecule has 0 aromatic heterocycles. The Balaban J connectivity index is 1.85. The lowest BCUT2D eigenvalue weighted by atomic mass is 9.89. The molecule has 21 heavy (non-hydrogen) atoms. The summed E-state index contributed by atoms with van der Waals surface area (Å²) in [7, 11) is 0. The van der Waals surface area contributed by atoms with Gasteiger partial charge in [0.1, 0.15) is 11.6 Å². The first-order chi connectivity index (χ1) is 10.2. The Morgan fingerprint density at radius 2 is 2.10 bits per heavy atom. The highest BCUT2D eigenvalue weighted by atomic mass is 35.5. The van der Waals surface area contributed by atoms with Gasteiger partial charge in [-0.1, -0.05) is 41.9 Å². The zero-order valence-corrected chi connectivity index (χ0v) is 12.1. The fraction of sp³-hybridized carbons (Fsp3) is 0.250. The predicted molar refractivity (Wildman–Crippen MR) is 80.9 cm³/mol. The number of halogens is 2. The minimum absolute atomic E-state index is 0.0760. The molecule has 2 aromatic rings. The van der Waals surface area contributed by atoms with Crippen molar-refractivity contribution in [3.05, 3.63) is 64.4 Å². The molecule has 110 valence electrons. The normalized spacial score (nSPS) is 18.1. The standard InChI is InChI=1S/C16H16ClFN2O/c17-16-10(4-3-6-13(16)18)8-14(20-19)12-9-21-15-7-2-1-5-11(12)15/h1-7,12,14,20H,8-9,19H2. The van der Waals surface area contributed by atoms with E-state index in [1.54, 1.807) is 6.07 Å². The number of rotatable bonds is 4. The maximum absolute atomic E-state index is 13.5. The van der Waals surface area contributed by atoms with Gasteiger partial charge in [-0.25, -0.2) is 4.39 Å². The zero-order chi connectivity index (χ0) is 14.8. The maximum Gasteiger partial charge on any atom is 0.142 e. The van der Waals surface area contributed by atoms with Crippen LogP contribution < -0.4 is 16.0 Å². The van der Waals surface area contributed by atoms with Crippen LogP contribution in [0, 0.1) is 5.82 Å². The van der Waals surface area contributed by atoms with E-state index in [0.29, 0.717) is 13.0 Å². The summed E-state index contributed by atoms with van der Waals surface area (Å²) in [6, 6.07) is 12.6. The van der Waals surface area contributed by atoms with Crippen molar-refractivity contribution in [3.63, 3.8) is 0 Å². The van der Waals surface area contributed by atoms with Crippen LogP contribution in [0.1, 0.15) is 17.0 Å². The molecule has 1 heterocycles. The van der Waals surface area contributed by atoms with Crippen molar-refractivity contribution < 1.29 is 9.13 Å². The first kappa shape index (κ1) is 14.3. The van der Waals surface area contributed by atoms with E-state index < -0.39 is 5.82 Å². The minimum atomic E-state index is -0.409. The van der Waals surface area contributed by atoms with E-state index in [1.807, 2.05) is 30.3 Å². The quantitative estimate of drug-likeness (QED) is 0.674. The van der Waals surface area contributed by atoms with Gasteiger partial charge < -0.3 is 4.74 Å². The van der Waals surface area contributed by atoms with Crippen molar-refractivity contribution in [2.45, 2.75) is 18.4 Å². The number of nitrogens with one attached hydrogen (secondary N) is 1. The molecule has 0 saturated heterocycles. The molecule has 0 amide bonds. The molecule has 0 saturated carbocycles. The third-order valence-electron chi connectivity index (χ3n) is 3.91. The van der Waals surface area contributed by atoms with E-state index in [0.717, 1.165) is 16.9 Å². The maximum atomic E-state index is 13.5. The van der Waals surface area contributed by atoms with Gasteiger partial charge in [0.15, 0.2) is 0 Å². The van der Waals surface area contributed by atoms with Gasteiger partial charge in [0.2, 0.25) is 0 Å². The summed E-state index contributed by atoms with van der Waals surface area (Å²) in [4.78, 5) is 0. The number of hydrogen-bond donors (Lipinski definition) is 2. The van der Waals surface area contributed by atoms with Crippen LogP contribution in [-0.2, 0) is 6.42 Å². The van der Waals surface area contributed by atoms with E-state index in [4.69, 9.17) is 22.2 Å². The third kappa shape index (κ3) is 2.75. The highest BCUT2D eigenvalue weighted by molar-refractivity contribution is 6.31. The molecule has 0 bridgehead atoms. The molecule has 0 fully saturated rings. The lowest BCUT2D eigenvalue weighted by Crippen LogP contribution is -2.42. The smallest absolute Gasteiger partial charge is 0.142 e. The molecule has 1 aliphatic rings. The number of hydrazine groups is 1. The Hall–Kier alpha value is -1.62. The van der Waals surface area contributed by atoms with Gasteiger partial charge in [-0.2, -0.15) is 0 Å². The summed E-state index contributed by atoms with van der Waals surface area (Å²) in [6.07, 6.45) is 0.537. The lowest BCUT2D eigenvalue weighted by molar-refractivity contribution is 0.297. The van der Waals surface area contributed by atoms with Gasteiger partial charge >= 0.3 is 0 Å². The first-order valence-corrected chi connectivity index (χ1v) is 7.19. The number of benzene rings is 2. The number of fused-ring (bicyclic) bond motifs is 1. The molecule has 0 radical (unpaired) electrons. The van der Waals surface area contributed by atoms with Crippen molar-refractivity contribution in [3.8, 4) is 5.75 Å². The van der Waals surface area contributed by atoms with Crippen molar-refractivity contribution in [2.24, 2.45) is 5.84 Å². The molecule has 3 N–H and O–H groups in total. The van der Waals surface area contributed by atoms with Gasteiger partial charge in [-0.15, -0.1) is 0 Å². The summed E-state index contributed by atoms with van der Waals surface area (Å²) < 4.78 is 19.2. The molecular formula is C16H16ClFN2O. The summed E-state index contributed by atoms with van der Waals surface area (Å²) >= 11 is 6.03. The van der Waals surface area contributed by atoms with Gasteiger partial charge in [-0.3, -0.25) is 11.3 Å². The topological polar surface area (TPSA) is 47.3 Å². The van der Waals surface area contributed by atoms with Crippen LogP contribution in [0.15, 0.2) is 42.5 Å². The summed E-state index contributed by atoms with van der Waals surface area (Å²) in [5, 5.41) is 0.157. The second kappa shape index (κ2) is 6.02. The van der Waals surface area contributed by atoms with Gasteiger partial charge in [0.25, 0.3) is 0 Å². The molecule has 0 spiro atoms. The summed E-state index contributed by atoms with van der Waals surface area (Å²) in [5.41, 5.74) is 4.68. The highest BCUT2D eigenvalue weighted by Crippen LogP contribution is 2.36. The van der Waals surface area contributed by atoms with Crippen LogP contribution in [0.25, 0.3) is 0 Å². The molecule has 0 aliphatic carbocycles. The van der Waals surface area contributed by atoms with E-state index in [-0.39, 0.29) is 17.0 Å². The lowest BCUT2D eigenvalue weighted by Gasteiger charge is -2.22. The Morgan fingerprint density at radius 3 is 2.90 bits per heavy atom. The second-order valence-electron chi connectivity index (χ2n) is 5.15. The SMILES string of the molecule is NNC(Cc1cccc(F)c1Cl)C1COc2ccccc21. The Kier molecular flexibility index (Phi) is 4.10. The summed E-state index contributed by atoms with van der Waals surface area (Å²) in [5.74, 6) is 6.29. The van der Waals surface area contributed by atoms with Crippen LogP contribution in [0.5, 0.6) is 5.75 Å². The van der Waals surface area contributed by atoms with Gasteiger partial charge in [0, 0.05) is 17.5 Å². The molecule has 2 unspecified atom stereocenters. The molecular weight excluding hydrogens is 291 g/mol. The van der Waals surface area contributed by atoms with Gasteiger partial charge in [0.05, 0.1) is 11.6 Å². The monoisotopic (exact) mass is 306 g/mol. The van der Waals surface area contributed by atoms with Crippen molar-refractivity contribution >= 4 is 11.6 Å². The van der Waals surface area contributed by atoms with Crippen LogP contribution in [0.3, 0.4) is 0 Å². The summed E-state index contributed by atoms with van der Waals surface area (Å²) in [6.45, 7) is 0.557. The Morgan fingerprint density at radius 1 is 1.29 bits per heavy atom. The largest absolute Gasteiger partial charge is 0.493 e. The third-order valence-corrected chi connectivity index (χ3v) is 4.33. The van der Waals surface area contributed by atoms with E-state index in [1.165, 1.54) is 6.07 Å². The van der Waals surface area contributed by atoms with Crippen molar-refractivity contribution in [2.75, 3.05) is 6.61 Å². The molecule has 1 aliphatic heterocycles. The molecule has 3 rings (SSSR count). The van der Waals surface area contributed by atoms with Crippen LogP contribution in [0.4, 0.5) is 4.39 Å².